The van der Waals surface area contributed by atoms with Crippen molar-refractivity contribution in [2.24, 2.45) is 0 Å². The molecule has 0 atom stereocenters. The van der Waals surface area contributed by atoms with Crippen molar-refractivity contribution in [3.63, 3.8) is 0 Å². The molecule has 0 saturated carbocycles. The van der Waals surface area contributed by atoms with Gasteiger partial charge in [-0.2, -0.15) is 0 Å². The van der Waals surface area contributed by atoms with Gasteiger partial charge in [0.1, 0.15) is 0 Å². The lowest BCUT2D eigenvalue weighted by atomic mass is 10.1. The zero-order valence-electron chi connectivity index (χ0n) is 14.0. The minimum absolute atomic E-state index is 0.334. The number of amides is 2. The SMILES string of the molecule is COC(=O)c1ccccc1N(C)C(=O)Nc1cccc2ccccc12. The van der Waals surface area contributed by atoms with E-state index in [9.17, 15) is 9.59 Å². The van der Waals surface area contributed by atoms with Gasteiger partial charge in [-0.15, -0.1) is 0 Å². The van der Waals surface area contributed by atoms with E-state index in [4.69, 9.17) is 4.74 Å². The molecule has 0 aliphatic carbocycles. The highest BCUT2D eigenvalue weighted by Gasteiger charge is 2.19. The smallest absolute Gasteiger partial charge is 0.339 e. The molecular formula is C20H18N2O3. The molecule has 3 aromatic carbocycles. The van der Waals surface area contributed by atoms with Crippen LogP contribution in [0.25, 0.3) is 10.8 Å². The Morgan fingerprint density at radius 2 is 1.60 bits per heavy atom. The molecule has 0 fully saturated rings. The van der Waals surface area contributed by atoms with Crippen molar-refractivity contribution in [2.45, 2.75) is 0 Å². The Morgan fingerprint density at radius 1 is 0.920 bits per heavy atom. The van der Waals surface area contributed by atoms with Gasteiger partial charge in [0.05, 0.1) is 24.0 Å². The normalized spacial score (nSPS) is 10.3. The van der Waals surface area contributed by atoms with E-state index in [-0.39, 0.29) is 6.03 Å². The summed E-state index contributed by atoms with van der Waals surface area (Å²) in [6.45, 7) is 0. The van der Waals surface area contributed by atoms with E-state index in [0.717, 1.165) is 10.8 Å². The number of rotatable bonds is 3. The van der Waals surface area contributed by atoms with Crippen LogP contribution in [0, 0.1) is 0 Å². The Morgan fingerprint density at radius 3 is 2.40 bits per heavy atom. The van der Waals surface area contributed by atoms with Gasteiger partial charge in [0, 0.05) is 12.4 Å². The zero-order chi connectivity index (χ0) is 17.8. The fraction of sp³-hybridized carbons (Fsp3) is 0.100. The van der Waals surface area contributed by atoms with Crippen molar-refractivity contribution < 1.29 is 14.3 Å². The molecule has 0 heterocycles. The van der Waals surface area contributed by atoms with Crippen molar-refractivity contribution in [3.05, 3.63) is 72.3 Å². The number of hydrogen-bond acceptors (Lipinski definition) is 3. The molecule has 25 heavy (non-hydrogen) atoms. The summed E-state index contributed by atoms with van der Waals surface area (Å²) < 4.78 is 4.79. The van der Waals surface area contributed by atoms with Crippen LogP contribution in [0.15, 0.2) is 66.7 Å². The second-order valence-electron chi connectivity index (χ2n) is 5.52. The highest BCUT2D eigenvalue weighted by Crippen LogP contribution is 2.25. The fourth-order valence-electron chi connectivity index (χ4n) is 2.69. The highest BCUT2D eigenvalue weighted by atomic mass is 16.5. The monoisotopic (exact) mass is 334 g/mol. The number of benzene rings is 3. The van der Waals surface area contributed by atoms with Gasteiger partial charge in [-0.25, -0.2) is 9.59 Å². The summed E-state index contributed by atoms with van der Waals surface area (Å²) in [6, 6.07) is 20.0. The summed E-state index contributed by atoms with van der Waals surface area (Å²) in [5.41, 5.74) is 1.53. The minimum atomic E-state index is -0.486. The van der Waals surface area contributed by atoms with Gasteiger partial charge in [-0.3, -0.25) is 4.90 Å². The first-order chi connectivity index (χ1) is 12.1. The standard InChI is InChI=1S/C20H18N2O3/c1-22(18-13-6-5-11-16(18)19(23)25-2)20(24)21-17-12-7-9-14-8-3-4-10-15(14)17/h3-13H,1-2H3,(H,21,24). The molecule has 0 saturated heterocycles. The number of anilines is 2. The maximum absolute atomic E-state index is 12.7. The van der Waals surface area contributed by atoms with Gasteiger partial charge >= 0.3 is 12.0 Å². The number of hydrogen-bond donors (Lipinski definition) is 1. The first-order valence-electron chi connectivity index (χ1n) is 7.81. The van der Waals surface area contributed by atoms with Gasteiger partial charge in [0.15, 0.2) is 0 Å². The van der Waals surface area contributed by atoms with Crippen LogP contribution in [0.1, 0.15) is 10.4 Å². The number of nitrogens with one attached hydrogen (secondary N) is 1. The predicted octanol–water partition coefficient (Wildman–Crippen LogP) is 4.29. The van der Waals surface area contributed by atoms with Crippen LogP contribution in [-0.2, 0) is 4.74 Å². The molecule has 126 valence electrons. The molecule has 0 aliphatic rings. The summed E-state index contributed by atoms with van der Waals surface area (Å²) in [5, 5.41) is 4.89. The summed E-state index contributed by atoms with van der Waals surface area (Å²) in [4.78, 5) is 26.0. The maximum atomic E-state index is 12.7. The van der Waals surface area contributed by atoms with Gasteiger partial charge < -0.3 is 10.1 Å². The number of urea groups is 1. The molecule has 3 aromatic rings. The lowest BCUT2D eigenvalue weighted by Crippen LogP contribution is -2.32. The van der Waals surface area contributed by atoms with Crippen LogP contribution in [0.2, 0.25) is 0 Å². The molecule has 5 nitrogen and oxygen atoms in total. The molecule has 0 aliphatic heterocycles. The van der Waals surface area contributed by atoms with Gasteiger partial charge in [0.25, 0.3) is 0 Å². The largest absolute Gasteiger partial charge is 0.465 e. The van der Waals surface area contributed by atoms with Crippen molar-refractivity contribution in [2.75, 3.05) is 24.4 Å². The number of carbonyl (C=O) groups excluding carboxylic acids is 2. The third-order valence-corrected chi connectivity index (χ3v) is 4.01. The fourth-order valence-corrected chi connectivity index (χ4v) is 2.69. The number of esters is 1. The van der Waals surface area contributed by atoms with Crippen molar-refractivity contribution in [1.29, 1.82) is 0 Å². The Kier molecular flexibility index (Phi) is 4.66. The Hall–Kier alpha value is -3.34. The van der Waals surface area contributed by atoms with Gasteiger partial charge in [-0.1, -0.05) is 48.5 Å². The second kappa shape index (κ2) is 7.05. The van der Waals surface area contributed by atoms with Crippen LogP contribution in [-0.4, -0.2) is 26.2 Å². The van der Waals surface area contributed by atoms with Crippen molar-refractivity contribution in [3.8, 4) is 0 Å². The van der Waals surface area contributed by atoms with E-state index in [1.807, 2.05) is 42.5 Å². The molecule has 0 unspecified atom stereocenters. The summed E-state index contributed by atoms with van der Waals surface area (Å²) in [5.74, 6) is -0.486. The zero-order valence-corrected chi connectivity index (χ0v) is 14.0. The lowest BCUT2D eigenvalue weighted by Gasteiger charge is -2.21. The molecule has 1 N–H and O–H groups in total. The van der Waals surface area contributed by atoms with Gasteiger partial charge in [0.2, 0.25) is 0 Å². The molecule has 3 rings (SSSR count). The summed E-state index contributed by atoms with van der Waals surface area (Å²) in [6.07, 6.45) is 0. The average molecular weight is 334 g/mol. The number of para-hydroxylation sites is 1. The molecule has 2 amide bonds. The third-order valence-electron chi connectivity index (χ3n) is 4.01. The van der Waals surface area contributed by atoms with E-state index in [0.29, 0.717) is 16.9 Å². The Bertz CT molecular complexity index is 932. The van der Waals surface area contributed by atoms with Crippen molar-refractivity contribution in [1.82, 2.24) is 0 Å². The Labute approximate surface area is 145 Å². The Balaban J connectivity index is 1.90. The first kappa shape index (κ1) is 16.5. The first-order valence-corrected chi connectivity index (χ1v) is 7.81. The van der Waals surface area contributed by atoms with E-state index in [1.54, 1.807) is 31.3 Å². The molecule has 0 aromatic heterocycles. The highest BCUT2D eigenvalue weighted by molar-refractivity contribution is 6.09. The number of nitrogens with zero attached hydrogens (tertiary/aromatic N) is 1. The molecule has 0 bridgehead atoms. The van der Waals surface area contributed by atoms with Gasteiger partial charge in [-0.05, 0) is 23.6 Å². The maximum Gasteiger partial charge on any atom is 0.339 e. The molecule has 5 heteroatoms. The summed E-state index contributed by atoms with van der Waals surface area (Å²) >= 11 is 0. The molecule has 0 radical (unpaired) electrons. The van der Waals surface area contributed by atoms with Crippen LogP contribution < -0.4 is 10.2 Å². The number of methoxy groups -OCH3 is 1. The topological polar surface area (TPSA) is 58.6 Å². The average Bonchev–Trinajstić information content (AvgIpc) is 2.67. The lowest BCUT2D eigenvalue weighted by molar-refractivity contribution is 0.0601. The second-order valence-corrected chi connectivity index (χ2v) is 5.52. The quantitative estimate of drug-likeness (QED) is 0.727. The minimum Gasteiger partial charge on any atom is -0.465 e. The molecule has 0 spiro atoms. The molecular weight excluding hydrogens is 316 g/mol. The van der Waals surface area contributed by atoms with E-state index < -0.39 is 5.97 Å². The number of fused-ring (bicyclic) bond motifs is 1. The number of ether oxygens (including phenoxy) is 1. The van der Waals surface area contributed by atoms with Crippen LogP contribution in [0.5, 0.6) is 0 Å². The van der Waals surface area contributed by atoms with E-state index in [2.05, 4.69) is 5.32 Å². The van der Waals surface area contributed by atoms with Crippen LogP contribution in [0.4, 0.5) is 16.2 Å². The predicted molar refractivity (Wildman–Crippen MR) is 99.2 cm³/mol. The summed E-state index contributed by atoms with van der Waals surface area (Å²) in [7, 11) is 2.93. The third kappa shape index (κ3) is 3.30. The van der Waals surface area contributed by atoms with Crippen molar-refractivity contribution >= 4 is 34.1 Å². The van der Waals surface area contributed by atoms with E-state index in [1.165, 1.54) is 12.0 Å². The number of carbonyl (C=O) groups is 2. The van der Waals surface area contributed by atoms with Crippen LogP contribution >= 0.6 is 0 Å². The van der Waals surface area contributed by atoms with E-state index >= 15 is 0 Å². The van der Waals surface area contributed by atoms with Crippen LogP contribution in [0.3, 0.4) is 0 Å².